The molecular formula is C12H16N2OS. The number of nitrogens with zero attached hydrogens (tertiary/aromatic N) is 1. The number of aliphatic hydroxyl groups excluding tert-OH is 1. The number of benzene rings is 1. The first-order valence-electron chi connectivity index (χ1n) is 5.43. The van der Waals surface area contributed by atoms with Crippen LogP contribution in [0, 0.1) is 0 Å². The molecule has 1 aromatic heterocycles. The van der Waals surface area contributed by atoms with Crippen LogP contribution in [0.4, 0.5) is 0 Å². The van der Waals surface area contributed by atoms with Gasteiger partial charge in [0.1, 0.15) is 5.01 Å². The van der Waals surface area contributed by atoms with Gasteiger partial charge in [0, 0.05) is 6.54 Å². The van der Waals surface area contributed by atoms with Gasteiger partial charge in [-0.1, -0.05) is 12.1 Å². The number of rotatable bonds is 4. The number of aliphatic hydroxyl groups is 1. The molecule has 2 N–H and O–H groups in total. The van der Waals surface area contributed by atoms with Crippen molar-refractivity contribution in [2.45, 2.75) is 26.0 Å². The lowest BCUT2D eigenvalue weighted by Gasteiger charge is -2.12. The van der Waals surface area contributed by atoms with E-state index in [1.54, 1.807) is 18.3 Å². The summed E-state index contributed by atoms with van der Waals surface area (Å²) in [5.41, 5.74) is 1.05. The van der Waals surface area contributed by atoms with Crippen molar-refractivity contribution >= 4 is 21.6 Å². The summed E-state index contributed by atoms with van der Waals surface area (Å²) >= 11 is 1.70. The van der Waals surface area contributed by atoms with E-state index in [0.29, 0.717) is 6.54 Å². The third kappa shape index (κ3) is 2.58. The van der Waals surface area contributed by atoms with Crippen LogP contribution in [0.2, 0.25) is 0 Å². The Morgan fingerprint density at radius 2 is 2.12 bits per heavy atom. The zero-order valence-electron chi connectivity index (χ0n) is 9.47. The summed E-state index contributed by atoms with van der Waals surface area (Å²) < 4.78 is 1.21. The van der Waals surface area contributed by atoms with Crippen molar-refractivity contribution < 1.29 is 5.11 Å². The molecule has 2 rings (SSSR count). The van der Waals surface area contributed by atoms with Crippen LogP contribution in [-0.2, 0) is 0 Å². The molecule has 2 unspecified atom stereocenters. The first-order chi connectivity index (χ1) is 7.66. The van der Waals surface area contributed by atoms with Gasteiger partial charge in [-0.05, 0) is 26.0 Å². The molecule has 0 amide bonds. The van der Waals surface area contributed by atoms with E-state index in [0.717, 1.165) is 10.5 Å². The molecule has 0 radical (unpaired) electrons. The van der Waals surface area contributed by atoms with Crippen LogP contribution in [0.3, 0.4) is 0 Å². The van der Waals surface area contributed by atoms with Gasteiger partial charge in [0.25, 0.3) is 0 Å². The van der Waals surface area contributed by atoms with Crippen molar-refractivity contribution in [3.05, 3.63) is 29.3 Å². The Hall–Kier alpha value is -0.970. The Labute approximate surface area is 99.1 Å². The summed E-state index contributed by atoms with van der Waals surface area (Å²) in [6.07, 6.45) is -0.322. The molecule has 0 aliphatic heterocycles. The van der Waals surface area contributed by atoms with Crippen molar-refractivity contribution in [2.75, 3.05) is 6.54 Å². The first kappa shape index (κ1) is 11.5. The van der Waals surface area contributed by atoms with E-state index in [1.165, 1.54) is 4.70 Å². The highest BCUT2D eigenvalue weighted by Crippen LogP contribution is 2.25. The Morgan fingerprint density at radius 1 is 1.38 bits per heavy atom. The van der Waals surface area contributed by atoms with Crippen LogP contribution in [0.1, 0.15) is 24.9 Å². The quantitative estimate of drug-likeness (QED) is 0.856. The van der Waals surface area contributed by atoms with Gasteiger partial charge >= 0.3 is 0 Å². The summed E-state index contributed by atoms with van der Waals surface area (Å²) in [5, 5.41) is 13.5. The minimum Gasteiger partial charge on any atom is -0.392 e. The molecule has 0 saturated heterocycles. The second kappa shape index (κ2) is 4.91. The van der Waals surface area contributed by atoms with Gasteiger partial charge in [0.2, 0.25) is 0 Å². The molecule has 2 aromatic rings. The zero-order valence-corrected chi connectivity index (χ0v) is 10.3. The topological polar surface area (TPSA) is 45.1 Å². The molecule has 86 valence electrons. The van der Waals surface area contributed by atoms with E-state index in [1.807, 2.05) is 18.2 Å². The summed E-state index contributed by atoms with van der Waals surface area (Å²) in [5.74, 6) is 0. The lowest BCUT2D eigenvalue weighted by Crippen LogP contribution is -2.26. The minimum atomic E-state index is -0.322. The molecule has 3 nitrogen and oxygen atoms in total. The third-order valence-corrected chi connectivity index (χ3v) is 3.62. The van der Waals surface area contributed by atoms with Gasteiger partial charge in [-0.2, -0.15) is 0 Å². The highest BCUT2D eigenvalue weighted by atomic mass is 32.1. The van der Waals surface area contributed by atoms with Gasteiger partial charge in [0.05, 0.1) is 22.4 Å². The molecule has 4 heteroatoms. The maximum absolute atomic E-state index is 9.21. The fourth-order valence-corrected chi connectivity index (χ4v) is 2.50. The number of fused-ring (bicyclic) bond motifs is 1. The second-order valence-corrected chi connectivity index (χ2v) is 5.06. The number of thiazole rings is 1. The van der Waals surface area contributed by atoms with Crippen LogP contribution in [-0.4, -0.2) is 22.7 Å². The van der Waals surface area contributed by atoms with E-state index in [4.69, 9.17) is 0 Å². The van der Waals surface area contributed by atoms with Crippen molar-refractivity contribution in [1.82, 2.24) is 10.3 Å². The standard InChI is InChI=1S/C12H16N2OS/c1-8(15)7-13-9(2)12-14-10-5-3-4-6-11(10)16-12/h3-6,8-9,13,15H,7H2,1-2H3. The summed E-state index contributed by atoms with van der Waals surface area (Å²) in [6.45, 7) is 4.44. The fourth-order valence-electron chi connectivity index (χ4n) is 1.51. The Bertz CT molecular complexity index is 434. The molecule has 0 aliphatic carbocycles. The van der Waals surface area contributed by atoms with Crippen LogP contribution in [0.5, 0.6) is 0 Å². The molecule has 16 heavy (non-hydrogen) atoms. The van der Waals surface area contributed by atoms with Crippen molar-refractivity contribution in [2.24, 2.45) is 0 Å². The summed E-state index contributed by atoms with van der Waals surface area (Å²) in [7, 11) is 0. The van der Waals surface area contributed by atoms with Crippen molar-refractivity contribution in [3.8, 4) is 0 Å². The molecular weight excluding hydrogens is 220 g/mol. The van der Waals surface area contributed by atoms with Crippen LogP contribution in [0.25, 0.3) is 10.2 Å². The lowest BCUT2D eigenvalue weighted by atomic mass is 10.3. The predicted molar refractivity (Wildman–Crippen MR) is 67.7 cm³/mol. The van der Waals surface area contributed by atoms with Gasteiger partial charge in [-0.25, -0.2) is 4.98 Å². The van der Waals surface area contributed by atoms with Gasteiger partial charge < -0.3 is 10.4 Å². The highest BCUT2D eigenvalue weighted by Gasteiger charge is 2.11. The van der Waals surface area contributed by atoms with Gasteiger partial charge in [-0.3, -0.25) is 0 Å². The molecule has 0 bridgehead atoms. The number of para-hydroxylation sites is 1. The second-order valence-electron chi connectivity index (χ2n) is 4.00. The predicted octanol–water partition coefficient (Wildman–Crippen LogP) is 2.33. The molecule has 0 spiro atoms. The van der Waals surface area contributed by atoms with Gasteiger partial charge in [-0.15, -0.1) is 11.3 Å². The smallest absolute Gasteiger partial charge is 0.111 e. The molecule has 1 aromatic carbocycles. The maximum Gasteiger partial charge on any atom is 0.111 e. The van der Waals surface area contributed by atoms with E-state index in [2.05, 4.69) is 23.3 Å². The van der Waals surface area contributed by atoms with E-state index in [-0.39, 0.29) is 12.1 Å². The van der Waals surface area contributed by atoms with E-state index in [9.17, 15) is 5.11 Å². The molecule has 0 fully saturated rings. The number of nitrogens with one attached hydrogen (secondary N) is 1. The van der Waals surface area contributed by atoms with Crippen molar-refractivity contribution in [1.29, 1.82) is 0 Å². The number of hydrogen-bond donors (Lipinski definition) is 2. The number of aromatic nitrogens is 1. The fraction of sp³-hybridized carbons (Fsp3) is 0.417. The summed E-state index contributed by atoms with van der Waals surface area (Å²) in [6, 6.07) is 8.32. The first-order valence-corrected chi connectivity index (χ1v) is 6.25. The lowest BCUT2D eigenvalue weighted by molar-refractivity contribution is 0.187. The normalized spacial score (nSPS) is 15.2. The Balaban J connectivity index is 2.13. The highest BCUT2D eigenvalue weighted by molar-refractivity contribution is 7.18. The zero-order chi connectivity index (χ0) is 11.5. The summed E-state index contributed by atoms with van der Waals surface area (Å²) in [4.78, 5) is 4.56. The van der Waals surface area contributed by atoms with Crippen LogP contribution < -0.4 is 5.32 Å². The van der Waals surface area contributed by atoms with Crippen molar-refractivity contribution in [3.63, 3.8) is 0 Å². The molecule has 2 atom stereocenters. The number of hydrogen-bond acceptors (Lipinski definition) is 4. The molecule has 0 saturated carbocycles. The monoisotopic (exact) mass is 236 g/mol. The molecule has 0 aliphatic rings. The van der Waals surface area contributed by atoms with Crippen LogP contribution in [0.15, 0.2) is 24.3 Å². The third-order valence-electron chi connectivity index (χ3n) is 2.40. The SMILES string of the molecule is CC(O)CNC(C)c1nc2ccccc2s1. The van der Waals surface area contributed by atoms with Crippen LogP contribution >= 0.6 is 11.3 Å². The average Bonchev–Trinajstić information content (AvgIpc) is 2.69. The largest absolute Gasteiger partial charge is 0.392 e. The average molecular weight is 236 g/mol. The Morgan fingerprint density at radius 3 is 2.81 bits per heavy atom. The maximum atomic E-state index is 9.21. The Kier molecular flexibility index (Phi) is 3.53. The van der Waals surface area contributed by atoms with E-state index >= 15 is 0 Å². The van der Waals surface area contributed by atoms with Gasteiger partial charge in [0.15, 0.2) is 0 Å². The minimum absolute atomic E-state index is 0.187. The molecule has 1 heterocycles. The van der Waals surface area contributed by atoms with E-state index < -0.39 is 0 Å².